The van der Waals surface area contributed by atoms with Crippen molar-refractivity contribution >= 4 is 5.97 Å². The molecule has 0 aromatic rings. The van der Waals surface area contributed by atoms with Crippen LogP contribution in [0.2, 0.25) is 0 Å². The van der Waals surface area contributed by atoms with E-state index in [0.29, 0.717) is 52.8 Å². The Morgan fingerprint density at radius 1 is 0.778 bits per heavy atom. The zero-order chi connectivity index (χ0) is 13.5. The quantitative estimate of drug-likeness (QED) is 0.367. The van der Waals surface area contributed by atoms with Crippen LogP contribution < -0.4 is 10.8 Å². The number of carboxylic acids is 1. The first kappa shape index (κ1) is 17.3. The summed E-state index contributed by atoms with van der Waals surface area (Å²) < 4.78 is 20.5. The molecule has 0 atom stereocenters. The molecule has 108 valence electrons. The van der Waals surface area contributed by atoms with Crippen molar-refractivity contribution < 1.29 is 28.8 Å². The molecule has 0 rings (SSSR count). The second kappa shape index (κ2) is 14.3. The second-order valence-electron chi connectivity index (χ2n) is 3.36. The zero-order valence-corrected chi connectivity index (χ0v) is 10.6. The van der Waals surface area contributed by atoms with E-state index in [1.807, 2.05) is 0 Å². The molecule has 0 aliphatic rings. The highest BCUT2D eigenvalue weighted by molar-refractivity contribution is 5.64. The van der Waals surface area contributed by atoms with Crippen LogP contribution in [-0.2, 0) is 23.7 Å². The average Bonchev–Trinajstić information content (AvgIpc) is 2.34. The van der Waals surface area contributed by atoms with Crippen LogP contribution in [-0.4, -0.2) is 65.4 Å². The lowest BCUT2D eigenvalue weighted by Gasteiger charge is -2.07. The molecular formula is C11H22NO6-. The van der Waals surface area contributed by atoms with E-state index < -0.39 is 5.97 Å². The Bertz CT molecular complexity index is 190. The van der Waals surface area contributed by atoms with Crippen LogP contribution in [0.5, 0.6) is 0 Å². The molecule has 0 fully saturated rings. The van der Waals surface area contributed by atoms with Crippen molar-refractivity contribution in [2.75, 3.05) is 59.4 Å². The van der Waals surface area contributed by atoms with Gasteiger partial charge >= 0.3 is 0 Å². The van der Waals surface area contributed by atoms with Crippen molar-refractivity contribution in [2.24, 2.45) is 5.73 Å². The maximum absolute atomic E-state index is 10.0. The second-order valence-corrected chi connectivity index (χ2v) is 3.36. The van der Waals surface area contributed by atoms with Crippen molar-refractivity contribution in [3.05, 3.63) is 0 Å². The van der Waals surface area contributed by atoms with E-state index in [2.05, 4.69) is 0 Å². The molecular weight excluding hydrogens is 242 g/mol. The summed E-state index contributed by atoms with van der Waals surface area (Å²) in [5, 5.41) is 10.0. The summed E-state index contributed by atoms with van der Waals surface area (Å²) in [5.74, 6) is -1.11. The molecule has 0 spiro atoms. The van der Waals surface area contributed by atoms with Gasteiger partial charge in [-0.25, -0.2) is 0 Å². The van der Waals surface area contributed by atoms with Gasteiger partial charge in [-0.2, -0.15) is 0 Å². The lowest BCUT2D eigenvalue weighted by Crippen LogP contribution is -2.24. The van der Waals surface area contributed by atoms with Crippen molar-refractivity contribution in [2.45, 2.75) is 6.42 Å². The van der Waals surface area contributed by atoms with Crippen molar-refractivity contribution in [1.82, 2.24) is 0 Å². The normalized spacial score (nSPS) is 10.7. The Hall–Kier alpha value is -0.730. The minimum absolute atomic E-state index is 0.0914. The predicted molar refractivity (Wildman–Crippen MR) is 62.0 cm³/mol. The van der Waals surface area contributed by atoms with E-state index in [9.17, 15) is 9.90 Å². The lowest BCUT2D eigenvalue weighted by molar-refractivity contribution is -0.306. The topological polar surface area (TPSA) is 103 Å². The maximum atomic E-state index is 10.0. The van der Waals surface area contributed by atoms with Crippen molar-refractivity contribution in [3.8, 4) is 0 Å². The third kappa shape index (κ3) is 15.3. The zero-order valence-electron chi connectivity index (χ0n) is 10.6. The Balaban J connectivity index is 2.92. The maximum Gasteiger partial charge on any atom is 0.0701 e. The van der Waals surface area contributed by atoms with Crippen LogP contribution in [0.15, 0.2) is 0 Å². The van der Waals surface area contributed by atoms with Gasteiger partial charge in [0, 0.05) is 18.9 Å². The summed E-state index contributed by atoms with van der Waals surface area (Å²) in [6.45, 7) is 4.01. The molecule has 0 aliphatic carbocycles. The van der Waals surface area contributed by atoms with Gasteiger partial charge in [-0.3, -0.25) is 0 Å². The van der Waals surface area contributed by atoms with Crippen LogP contribution in [0.4, 0.5) is 0 Å². The largest absolute Gasteiger partial charge is 0.550 e. The summed E-state index contributed by atoms with van der Waals surface area (Å²) in [7, 11) is 0. The highest BCUT2D eigenvalue weighted by atomic mass is 16.6. The molecule has 7 heteroatoms. The number of carboxylic acid groups (broad SMARTS) is 1. The minimum atomic E-state index is -1.11. The fraction of sp³-hybridized carbons (Fsp3) is 0.909. The van der Waals surface area contributed by atoms with E-state index in [1.165, 1.54) is 0 Å². The summed E-state index contributed by atoms with van der Waals surface area (Å²) in [5.41, 5.74) is 5.24. The van der Waals surface area contributed by atoms with Gasteiger partial charge in [0.15, 0.2) is 0 Å². The molecule has 0 radical (unpaired) electrons. The fourth-order valence-corrected chi connectivity index (χ4v) is 1.00. The highest BCUT2D eigenvalue weighted by Gasteiger charge is 1.92. The molecule has 0 unspecified atom stereocenters. The van der Waals surface area contributed by atoms with Crippen LogP contribution in [0.25, 0.3) is 0 Å². The molecule has 0 aliphatic heterocycles. The van der Waals surface area contributed by atoms with Crippen LogP contribution in [0.1, 0.15) is 6.42 Å². The van der Waals surface area contributed by atoms with Gasteiger partial charge in [0.1, 0.15) is 0 Å². The van der Waals surface area contributed by atoms with E-state index in [1.54, 1.807) is 0 Å². The van der Waals surface area contributed by atoms with Gasteiger partial charge in [0.05, 0.1) is 52.9 Å². The number of aliphatic carboxylic acids is 1. The van der Waals surface area contributed by atoms with Gasteiger partial charge in [0.2, 0.25) is 0 Å². The molecule has 0 saturated heterocycles. The molecule has 0 heterocycles. The molecule has 18 heavy (non-hydrogen) atoms. The first-order valence-electron chi connectivity index (χ1n) is 5.98. The van der Waals surface area contributed by atoms with E-state index in [-0.39, 0.29) is 13.0 Å². The molecule has 0 aromatic heterocycles. The fourth-order valence-electron chi connectivity index (χ4n) is 1.00. The number of rotatable bonds is 14. The SMILES string of the molecule is NCCOCCOCCOCCOCCC(=O)[O-]. The first-order valence-corrected chi connectivity index (χ1v) is 5.98. The highest BCUT2D eigenvalue weighted by Crippen LogP contribution is 1.84. The number of ether oxygens (including phenoxy) is 4. The first-order chi connectivity index (χ1) is 8.77. The van der Waals surface area contributed by atoms with Crippen LogP contribution in [0.3, 0.4) is 0 Å². The van der Waals surface area contributed by atoms with Crippen LogP contribution in [0, 0.1) is 0 Å². The van der Waals surface area contributed by atoms with Crippen molar-refractivity contribution in [3.63, 3.8) is 0 Å². The molecule has 7 nitrogen and oxygen atoms in total. The monoisotopic (exact) mass is 264 g/mol. The standard InChI is InChI=1S/C11H23NO6/c12-2-4-16-6-8-18-10-9-17-7-5-15-3-1-11(13)14/h1-10,12H2,(H,13,14)/p-1. The van der Waals surface area contributed by atoms with Gasteiger partial charge in [-0.05, 0) is 0 Å². The van der Waals surface area contributed by atoms with Crippen molar-refractivity contribution in [1.29, 1.82) is 0 Å². The van der Waals surface area contributed by atoms with Crippen LogP contribution >= 0.6 is 0 Å². The van der Waals surface area contributed by atoms with Gasteiger partial charge in [0.25, 0.3) is 0 Å². The average molecular weight is 264 g/mol. The van der Waals surface area contributed by atoms with Gasteiger partial charge < -0.3 is 34.6 Å². The number of nitrogens with two attached hydrogens (primary N) is 1. The van der Waals surface area contributed by atoms with E-state index in [0.717, 1.165) is 0 Å². The Morgan fingerprint density at radius 3 is 1.56 bits per heavy atom. The van der Waals surface area contributed by atoms with Gasteiger partial charge in [-0.15, -0.1) is 0 Å². The lowest BCUT2D eigenvalue weighted by atomic mass is 10.5. The molecule has 0 saturated carbocycles. The molecule has 2 N–H and O–H groups in total. The summed E-state index contributed by atoms with van der Waals surface area (Å²) >= 11 is 0. The summed E-state index contributed by atoms with van der Waals surface area (Å²) in [6, 6.07) is 0. The van der Waals surface area contributed by atoms with E-state index >= 15 is 0 Å². The number of hydrogen-bond acceptors (Lipinski definition) is 7. The third-order valence-corrected chi connectivity index (χ3v) is 1.83. The molecule has 0 aromatic carbocycles. The predicted octanol–water partition coefficient (Wildman–Crippen LogP) is -1.85. The number of carbonyl (C=O) groups excluding carboxylic acids is 1. The molecule has 0 bridgehead atoms. The third-order valence-electron chi connectivity index (χ3n) is 1.83. The summed E-state index contributed by atoms with van der Waals surface area (Å²) in [4.78, 5) is 10.0. The number of carbonyl (C=O) groups is 1. The Morgan fingerprint density at radius 2 is 1.17 bits per heavy atom. The van der Waals surface area contributed by atoms with E-state index in [4.69, 9.17) is 24.7 Å². The molecule has 0 amide bonds. The van der Waals surface area contributed by atoms with Gasteiger partial charge in [-0.1, -0.05) is 0 Å². The smallest absolute Gasteiger partial charge is 0.0701 e. The minimum Gasteiger partial charge on any atom is -0.550 e. The number of hydrogen-bond donors (Lipinski definition) is 1. The Labute approximate surface area is 107 Å². The summed E-state index contributed by atoms with van der Waals surface area (Å²) in [6.07, 6.45) is -0.0914. The Kier molecular flexibility index (Phi) is 13.8.